The quantitative estimate of drug-likeness (QED) is 0.848. The van der Waals surface area contributed by atoms with Crippen LogP contribution in [0.4, 0.5) is 0 Å². The van der Waals surface area contributed by atoms with Crippen LogP contribution in [-0.2, 0) is 0 Å². The van der Waals surface area contributed by atoms with Gasteiger partial charge in [-0.25, -0.2) is 4.98 Å². The van der Waals surface area contributed by atoms with Gasteiger partial charge in [0.05, 0.1) is 15.6 Å². The molecule has 0 radical (unpaired) electrons. The molecule has 0 fully saturated rings. The van der Waals surface area contributed by atoms with Crippen molar-refractivity contribution in [3.05, 3.63) is 21.2 Å². The summed E-state index contributed by atoms with van der Waals surface area (Å²) in [7, 11) is 0. The summed E-state index contributed by atoms with van der Waals surface area (Å²) in [5.74, 6) is 0. The minimum atomic E-state index is 0.541. The summed E-state index contributed by atoms with van der Waals surface area (Å²) in [5, 5.41) is 4.61. The Morgan fingerprint density at radius 1 is 1.44 bits per heavy atom. The van der Waals surface area contributed by atoms with Gasteiger partial charge in [-0.1, -0.05) is 26.3 Å². The second-order valence-electron chi connectivity index (χ2n) is 4.37. The van der Waals surface area contributed by atoms with Crippen LogP contribution in [0.5, 0.6) is 0 Å². The van der Waals surface area contributed by atoms with E-state index in [-0.39, 0.29) is 0 Å². The number of hydrogen-bond donors (Lipinski definition) is 1. The predicted octanol–water partition coefficient (Wildman–Crippen LogP) is 3.55. The van der Waals surface area contributed by atoms with E-state index in [0.717, 1.165) is 23.7 Å². The van der Waals surface area contributed by atoms with Crippen LogP contribution in [0.15, 0.2) is 5.57 Å². The monoisotopic (exact) mass is 238 g/mol. The normalized spacial score (nSPS) is 12.5. The molecule has 1 aromatic heterocycles. The molecule has 1 N–H and O–H groups in total. The average molecular weight is 238 g/mol. The first-order chi connectivity index (χ1) is 7.52. The van der Waals surface area contributed by atoms with Gasteiger partial charge in [0, 0.05) is 12.6 Å². The van der Waals surface area contributed by atoms with Crippen LogP contribution in [0.1, 0.15) is 42.8 Å². The Hall–Kier alpha value is -0.670. The molecule has 0 spiro atoms. The van der Waals surface area contributed by atoms with Crippen LogP contribution in [0.25, 0.3) is 6.08 Å². The Kier molecular flexibility index (Phi) is 5.16. The van der Waals surface area contributed by atoms with E-state index in [2.05, 4.69) is 51.0 Å². The third kappa shape index (κ3) is 4.06. The van der Waals surface area contributed by atoms with Crippen LogP contribution >= 0.6 is 11.3 Å². The maximum Gasteiger partial charge on any atom is 0.0903 e. The Morgan fingerprint density at radius 2 is 2.12 bits per heavy atom. The number of aromatic nitrogens is 1. The molecule has 0 aliphatic heterocycles. The summed E-state index contributed by atoms with van der Waals surface area (Å²) < 4.78 is 0. The Labute approximate surface area is 103 Å². The van der Waals surface area contributed by atoms with Gasteiger partial charge in [-0.05, 0) is 26.3 Å². The first kappa shape index (κ1) is 13.4. The standard InChI is InChI=1S/C13H22N2S/c1-6-12(8-14-9(2)3)7-13-10(4)15-11(5)16-13/h7,9,14H,6,8H2,1-5H3. The topological polar surface area (TPSA) is 24.9 Å². The summed E-state index contributed by atoms with van der Waals surface area (Å²) in [6.07, 6.45) is 3.38. The maximum atomic E-state index is 4.45. The fourth-order valence-corrected chi connectivity index (χ4v) is 2.40. The van der Waals surface area contributed by atoms with Crippen molar-refractivity contribution in [2.45, 2.75) is 47.1 Å². The fraction of sp³-hybridized carbons (Fsp3) is 0.615. The number of nitrogens with one attached hydrogen (secondary N) is 1. The number of aryl methyl sites for hydroxylation is 2. The van der Waals surface area contributed by atoms with Crippen molar-refractivity contribution in [1.82, 2.24) is 10.3 Å². The van der Waals surface area contributed by atoms with Crippen molar-refractivity contribution in [3.8, 4) is 0 Å². The van der Waals surface area contributed by atoms with Crippen molar-refractivity contribution in [2.24, 2.45) is 0 Å². The fourth-order valence-electron chi connectivity index (χ4n) is 1.48. The van der Waals surface area contributed by atoms with Crippen molar-refractivity contribution in [2.75, 3.05) is 6.54 Å². The number of hydrogen-bond acceptors (Lipinski definition) is 3. The largest absolute Gasteiger partial charge is 0.311 e. The summed E-state index contributed by atoms with van der Waals surface area (Å²) in [4.78, 5) is 5.75. The summed E-state index contributed by atoms with van der Waals surface area (Å²) in [6, 6.07) is 0.541. The third-order valence-corrected chi connectivity index (χ3v) is 3.49. The number of rotatable bonds is 5. The van der Waals surface area contributed by atoms with Crippen molar-refractivity contribution < 1.29 is 0 Å². The minimum absolute atomic E-state index is 0.541. The Bertz CT molecular complexity index is 364. The SMILES string of the molecule is CCC(=Cc1sc(C)nc1C)CNC(C)C. The first-order valence-electron chi connectivity index (χ1n) is 5.89. The van der Waals surface area contributed by atoms with Crippen LogP contribution in [0.3, 0.4) is 0 Å². The van der Waals surface area contributed by atoms with E-state index in [4.69, 9.17) is 0 Å². The molecule has 0 saturated carbocycles. The van der Waals surface area contributed by atoms with Crippen LogP contribution in [0.2, 0.25) is 0 Å². The maximum absolute atomic E-state index is 4.45. The predicted molar refractivity (Wildman–Crippen MR) is 73.0 cm³/mol. The Morgan fingerprint density at radius 3 is 2.56 bits per heavy atom. The lowest BCUT2D eigenvalue weighted by molar-refractivity contribution is 0.617. The summed E-state index contributed by atoms with van der Waals surface area (Å²) >= 11 is 1.78. The van der Waals surface area contributed by atoms with E-state index < -0.39 is 0 Å². The smallest absolute Gasteiger partial charge is 0.0903 e. The molecule has 0 amide bonds. The highest BCUT2D eigenvalue weighted by Crippen LogP contribution is 2.21. The molecule has 0 atom stereocenters. The number of thiazole rings is 1. The summed E-state index contributed by atoms with van der Waals surface area (Å²) in [5.41, 5.74) is 2.60. The highest BCUT2D eigenvalue weighted by atomic mass is 32.1. The van der Waals surface area contributed by atoms with Gasteiger partial charge in [0.2, 0.25) is 0 Å². The molecular formula is C13H22N2S. The van der Waals surface area contributed by atoms with Gasteiger partial charge in [0.1, 0.15) is 0 Å². The van der Waals surface area contributed by atoms with Gasteiger partial charge < -0.3 is 5.32 Å². The second kappa shape index (κ2) is 6.16. The van der Waals surface area contributed by atoms with Crippen LogP contribution < -0.4 is 5.32 Å². The zero-order valence-corrected chi connectivity index (χ0v) is 11.7. The first-order valence-corrected chi connectivity index (χ1v) is 6.71. The molecule has 1 rings (SSSR count). The van der Waals surface area contributed by atoms with E-state index in [1.807, 2.05) is 0 Å². The molecule has 90 valence electrons. The van der Waals surface area contributed by atoms with E-state index >= 15 is 0 Å². The molecular weight excluding hydrogens is 216 g/mol. The highest BCUT2D eigenvalue weighted by molar-refractivity contribution is 7.12. The lowest BCUT2D eigenvalue weighted by atomic mass is 10.1. The lowest BCUT2D eigenvalue weighted by Crippen LogP contribution is -2.24. The van der Waals surface area contributed by atoms with Gasteiger partial charge in [-0.2, -0.15) is 0 Å². The van der Waals surface area contributed by atoms with Gasteiger partial charge in [-0.15, -0.1) is 11.3 Å². The van der Waals surface area contributed by atoms with E-state index in [0.29, 0.717) is 6.04 Å². The van der Waals surface area contributed by atoms with Crippen LogP contribution in [-0.4, -0.2) is 17.6 Å². The van der Waals surface area contributed by atoms with Gasteiger partial charge in [-0.3, -0.25) is 0 Å². The van der Waals surface area contributed by atoms with Crippen molar-refractivity contribution in [3.63, 3.8) is 0 Å². The highest BCUT2D eigenvalue weighted by Gasteiger charge is 2.03. The average Bonchev–Trinajstić information content (AvgIpc) is 2.51. The number of nitrogens with zero attached hydrogens (tertiary/aromatic N) is 1. The Balaban J connectivity index is 2.75. The van der Waals surface area contributed by atoms with Gasteiger partial charge >= 0.3 is 0 Å². The molecule has 0 unspecified atom stereocenters. The molecule has 1 aromatic rings. The van der Waals surface area contributed by atoms with Crippen molar-refractivity contribution in [1.29, 1.82) is 0 Å². The van der Waals surface area contributed by atoms with E-state index in [1.54, 1.807) is 11.3 Å². The molecule has 0 aliphatic carbocycles. The zero-order valence-electron chi connectivity index (χ0n) is 10.9. The molecule has 0 aromatic carbocycles. The minimum Gasteiger partial charge on any atom is -0.311 e. The van der Waals surface area contributed by atoms with Crippen molar-refractivity contribution >= 4 is 17.4 Å². The van der Waals surface area contributed by atoms with Crippen LogP contribution in [0, 0.1) is 13.8 Å². The molecule has 16 heavy (non-hydrogen) atoms. The zero-order chi connectivity index (χ0) is 12.1. The third-order valence-electron chi connectivity index (χ3n) is 2.47. The van der Waals surface area contributed by atoms with E-state index in [1.165, 1.54) is 10.5 Å². The summed E-state index contributed by atoms with van der Waals surface area (Å²) in [6.45, 7) is 11.7. The second-order valence-corrected chi connectivity index (χ2v) is 5.61. The molecule has 0 aliphatic rings. The lowest BCUT2D eigenvalue weighted by Gasteiger charge is -2.09. The molecule has 2 nitrogen and oxygen atoms in total. The molecule has 0 saturated heterocycles. The van der Waals surface area contributed by atoms with Gasteiger partial charge in [0.15, 0.2) is 0 Å². The molecule has 3 heteroatoms. The molecule has 0 bridgehead atoms. The van der Waals surface area contributed by atoms with E-state index in [9.17, 15) is 0 Å². The van der Waals surface area contributed by atoms with Gasteiger partial charge in [0.25, 0.3) is 0 Å². The molecule has 1 heterocycles.